The molecule has 2 aliphatic heterocycles. The van der Waals surface area contributed by atoms with Crippen LogP contribution in [-0.4, -0.2) is 66.3 Å². The molecule has 1 atom stereocenters. The molecule has 1 aromatic heterocycles. The van der Waals surface area contributed by atoms with Gasteiger partial charge in [-0.15, -0.1) is 0 Å². The highest BCUT2D eigenvalue weighted by atomic mass is 16.5. The minimum Gasteiger partial charge on any atom is -0.379 e. The summed E-state index contributed by atoms with van der Waals surface area (Å²) in [6, 6.07) is 1.85. The summed E-state index contributed by atoms with van der Waals surface area (Å²) in [5, 5.41) is 0. The van der Waals surface area contributed by atoms with Gasteiger partial charge in [0, 0.05) is 51.7 Å². The number of aromatic nitrogens is 2. The van der Waals surface area contributed by atoms with Crippen molar-refractivity contribution in [2.75, 3.05) is 50.8 Å². The average molecular weight is 277 g/mol. The molecule has 6 heteroatoms. The van der Waals surface area contributed by atoms with Crippen molar-refractivity contribution in [3.05, 3.63) is 18.5 Å². The zero-order valence-electron chi connectivity index (χ0n) is 11.9. The molecular weight excluding hydrogens is 254 g/mol. The van der Waals surface area contributed by atoms with Crippen LogP contribution in [0.5, 0.6) is 0 Å². The predicted octanol–water partition coefficient (Wildman–Crippen LogP) is 0.107. The van der Waals surface area contributed by atoms with Crippen LogP contribution in [0.2, 0.25) is 0 Å². The molecule has 0 amide bonds. The van der Waals surface area contributed by atoms with Gasteiger partial charge in [0.2, 0.25) is 5.95 Å². The van der Waals surface area contributed by atoms with Crippen LogP contribution < -0.4 is 10.6 Å². The van der Waals surface area contributed by atoms with Gasteiger partial charge in [0.25, 0.3) is 0 Å². The van der Waals surface area contributed by atoms with E-state index in [4.69, 9.17) is 10.5 Å². The molecule has 110 valence electrons. The van der Waals surface area contributed by atoms with E-state index in [1.54, 1.807) is 12.4 Å². The molecule has 3 rings (SSSR count). The lowest BCUT2D eigenvalue weighted by Crippen LogP contribution is -2.63. The highest BCUT2D eigenvalue weighted by molar-refractivity contribution is 5.29. The molecule has 6 nitrogen and oxygen atoms in total. The van der Waals surface area contributed by atoms with Crippen LogP contribution in [0.15, 0.2) is 18.5 Å². The van der Waals surface area contributed by atoms with Crippen molar-refractivity contribution in [2.24, 2.45) is 5.73 Å². The number of hydrogen-bond acceptors (Lipinski definition) is 6. The van der Waals surface area contributed by atoms with Crippen LogP contribution >= 0.6 is 0 Å². The monoisotopic (exact) mass is 277 g/mol. The van der Waals surface area contributed by atoms with Crippen LogP contribution in [0, 0.1) is 0 Å². The van der Waals surface area contributed by atoms with E-state index in [9.17, 15) is 0 Å². The lowest BCUT2D eigenvalue weighted by molar-refractivity contribution is -0.0469. The third kappa shape index (κ3) is 2.63. The molecule has 0 aliphatic carbocycles. The maximum Gasteiger partial charge on any atom is 0.225 e. The highest BCUT2D eigenvalue weighted by Crippen LogP contribution is 2.27. The number of anilines is 1. The van der Waals surface area contributed by atoms with Gasteiger partial charge in [-0.1, -0.05) is 0 Å². The zero-order chi connectivity index (χ0) is 13.8. The van der Waals surface area contributed by atoms with Crippen LogP contribution in [0.1, 0.15) is 12.8 Å². The molecule has 0 spiro atoms. The van der Waals surface area contributed by atoms with Gasteiger partial charge in [0.1, 0.15) is 0 Å². The van der Waals surface area contributed by atoms with Gasteiger partial charge < -0.3 is 15.4 Å². The number of nitrogens with zero attached hydrogens (tertiary/aromatic N) is 4. The van der Waals surface area contributed by atoms with Crippen LogP contribution in [0.25, 0.3) is 0 Å². The van der Waals surface area contributed by atoms with E-state index in [0.29, 0.717) is 6.54 Å². The largest absolute Gasteiger partial charge is 0.379 e. The lowest BCUT2D eigenvalue weighted by atomic mass is 9.89. The first kappa shape index (κ1) is 13.7. The summed E-state index contributed by atoms with van der Waals surface area (Å²) in [5.41, 5.74) is 6.10. The minimum atomic E-state index is 0.0435. The molecule has 2 N–H and O–H groups in total. The summed E-state index contributed by atoms with van der Waals surface area (Å²) in [6.07, 6.45) is 5.85. The highest BCUT2D eigenvalue weighted by Gasteiger charge is 2.39. The van der Waals surface area contributed by atoms with Gasteiger partial charge in [-0.3, -0.25) is 4.90 Å². The first-order valence-electron chi connectivity index (χ1n) is 7.39. The number of nitrogens with two attached hydrogens (primary N) is 1. The third-order valence-electron chi connectivity index (χ3n) is 4.47. The summed E-state index contributed by atoms with van der Waals surface area (Å²) in [4.78, 5) is 13.4. The van der Waals surface area contributed by atoms with Gasteiger partial charge in [-0.25, -0.2) is 9.97 Å². The summed E-state index contributed by atoms with van der Waals surface area (Å²) in [7, 11) is 0. The van der Waals surface area contributed by atoms with E-state index in [0.717, 1.165) is 58.2 Å². The smallest absolute Gasteiger partial charge is 0.225 e. The van der Waals surface area contributed by atoms with Crippen LogP contribution in [-0.2, 0) is 4.74 Å². The van der Waals surface area contributed by atoms with Gasteiger partial charge in [0.15, 0.2) is 0 Å². The Bertz CT molecular complexity index is 413. The average Bonchev–Trinajstić information content (AvgIpc) is 2.56. The van der Waals surface area contributed by atoms with Crippen molar-refractivity contribution in [1.29, 1.82) is 0 Å². The fourth-order valence-electron chi connectivity index (χ4n) is 3.21. The van der Waals surface area contributed by atoms with Gasteiger partial charge in [-0.05, 0) is 18.9 Å². The standard InChI is InChI=1S/C14H23N5O/c15-11-14(3-1-10-20-12-14)19-8-6-18(7-9-19)13-16-4-2-5-17-13/h2,4-5H,1,3,6-12,15H2. The molecule has 2 fully saturated rings. The molecule has 2 aliphatic rings. The van der Waals surface area contributed by atoms with Crippen molar-refractivity contribution in [2.45, 2.75) is 18.4 Å². The molecule has 0 saturated carbocycles. The first-order chi connectivity index (χ1) is 9.84. The molecule has 1 unspecified atom stereocenters. The molecule has 0 radical (unpaired) electrons. The lowest BCUT2D eigenvalue weighted by Gasteiger charge is -2.48. The normalized spacial score (nSPS) is 28.6. The summed E-state index contributed by atoms with van der Waals surface area (Å²) >= 11 is 0. The Labute approximate surface area is 119 Å². The van der Waals surface area contributed by atoms with Crippen molar-refractivity contribution >= 4 is 5.95 Å². The number of rotatable bonds is 3. The SMILES string of the molecule is NCC1(N2CCN(c3ncccn3)CC2)CCCOC1. The molecule has 1 aromatic rings. The fraction of sp³-hybridized carbons (Fsp3) is 0.714. The van der Waals surface area contributed by atoms with Crippen molar-refractivity contribution < 1.29 is 4.74 Å². The number of hydrogen-bond donors (Lipinski definition) is 1. The maximum absolute atomic E-state index is 6.05. The van der Waals surface area contributed by atoms with E-state index in [1.807, 2.05) is 6.07 Å². The predicted molar refractivity (Wildman–Crippen MR) is 77.7 cm³/mol. The van der Waals surface area contributed by atoms with Gasteiger partial charge >= 0.3 is 0 Å². The Hall–Kier alpha value is -1.24. The molecular formula is C14H23N5O. The van der Waals surface area contributed by atoms with Crippen molar-refractivity contribution in [3.63, 3.8) is 0 Å². The first-order valence-corrected chi connectivity index (χ1v) is 7.39. The van der Waals surface area contributed by atoms with Gasteiger partial charge in [0.05, 0.1) is 12.1 Å². The zero-order valence-corrected chi connectivity index (χ0v) is 11.9. The Kier molecular flexibility index (Phi) is 4.14. The Morgan fingerprint density at radius 3 is 2.55 bits per heavy atom. The topological polar surface area (TPSA) is 67.5 Å². The van der Waals surface area contributed by atoms with E-state index >= 15 is 0 Å². The van der Waals surface area contributed by atoms with E-state index in [2.05, 4.69) is 19.8 Å². The molecule has 3 heterocycles. The summed E-state index contributed by atoms with van der Waals surface area (Å²) in [5.74, 6) is 0.828. The van der Waals surface area contributed by atoms with Crippen LogP contribution in [0.4, 0.5) is 5.95 Å². The third-order valence-corrected chi connectivity index (χ3v) is 4.47. The van der Waals surface area contributed by atoms with Crippen molar-refractivity contribution in [1.82, 2.24) is 14.9 Å². The second-order valence-electron chi connectivity index (χ2n) is 5.61. The number of ether oxygens (including phenoxy) is 1. The van der Waals surface area contributed by atoms with Crippen LogP contribution in [0.3, 0.4) is 0 Å². The summed E-state index contributed by atoms with van der Waals surface area (Å²) < 4.78 is 5.68. The number of piperazine rings is 1. The Balaban J connectivity index is 1.63. The molecule has 0 aromatic carbocycles. The Morgan fingerprint density at radius 2 is 1.95 bits per heavy atom. The molecule has 2 saturated heterocycles. The van der Waals surface area contributed by atoms with E-state index < -0.39 is 0 Å². The van der Waals surface area contributed by atoms with E-state index in [-0.39, 0.29) is 5.54 Å². The fourth-order valence-corrected chi connectivity index (χ4v) is 3.21. The Morgan fingerprint density at radius 1 is 1.20 bits per heavy atom. The second-order valence-corrected chi connectivity index (χ2v) is 5.61. The quantitative estimate of drug-likeness (QED) is 0.845. The molecule has 20 heavy (non-hydrogen) atoms. The molecule has 0 bridgehead atoms. The van der Waals surface area contributed by atoms with Gasteiger partial charge in [-0.2, -0.15) is 0 Å². The maximum atomic E-state index is 6.05. The summed E-state index contributed by atoms with van der Waals surface area (Å²) in [6.45, 7) is 6.22. The van der Waals surface area contributed by atoms with Crippen molar-refractivity contribution in [3.8, 4) is 0 Å². The minimum absolute atomic E-state index is 0.0435. The second kappa shape index (κ2) is 6.03. The van der Waals surface area contributed by atoms with E-state index in [1.165, 1.54) is 0 Å².